The average Bonchev–Trinajstić information content (AvgIpc) is 2.54. The number of carbonyl (C=O) groups is 1. The highest BCUT2D eigenvalue weighted by Gasteiger charge is 2.24. The molecule has 1 atom stereocenters. The fourth-order valence-corrected chi connectivity index (χ4v) is 4.08. The van der Waals surface area contributed by atoms with E-state index in [4.69, 9.17) is 5.73 Å². The van der Waals surface area contributed by atoms with Crippen LogP contribution in [0.3, 0.4) is 0 Å². The second-order valence-electron chi connectivity index (χ2n) is 6.14. The van der Waals surface area contributed by atoms with E-state index in [1.165, 1.54) is 6.07 Å². The smallest absolute Gasteiger partial charge is 0.253 e. The number of nitrogens with one attached hydrogen (secondary N) is 1. The van der Waals surface area contributed by atoms with Crippen LogP contribution in [0.5, 0.6) is 0 Å². The number of sulfone groups is 1. The van der Waals surface area contributed by atoms with Gasteiger partial charge in [-0.25, -0.2) is 8.42 Å². The van der Waals surface area contributed by atoms with Crippen LogP contribution in [0.25, 0.3) is 0 Å². The number of anilines is 1. The van der Waals surface area contributed by atoms with Gasteiger partial charge in [-0.1, -0.05) is 18.2 Å². The molecule has 3 N–H and O–H groups in total. The van der Waals surface area contributed by atoms with Gasteiger partial charge in [0, 0.05) is 11.9 Å². The third-order valence-electron chi connectivity index (χ3n) is 4.32. The first-order chi connectivity index (χ1) is 11.4. The Hall–Kier alpha value is -2.34. The second kappa shape index (κ2) is 6.28. The van der Waals surface area contributed by atoms with Crippen LogP contribution in [-0.2, 0) is 16.3 Å². The highest BCUT2D eigenvalue weighted by molar-refractivity contribution is 7.90. The maximum absolute atomic E-state index is 12.7. The van der Waals surface area contributed by atoms with Crippen molar-refractivity contribution in [2.24, 2.45) is 0 Å². The zero-order valence-electron chi connectivity index (χ0n) is 13.5. The molecule has 0 saturated heterocycles. The molecule has 0 heterocycles. The SMILES string of the molecule is CS(=O)(=O)c1ccccc1C(=O)NC1CCCc2cc(N)ccc21. The van der Waals surface area contributed by atoms with Gasteiger partial charge < -0.3 is 11.1 Å². The monoisotopic (exact) mass is 344 g/mol. The van der Waals surface area contributed by atoms with Gasteiger partial charge in [-0.3, -0.25) is 4.79 Å². The molecular weight excluding hydrogens is 324 g/mol. The summed E-state index contributed by atoms with van der Waals surface area (Å²) in [4.78, 5) is 12.7. The van der Waals surface area contributed by atoms with Crippen LogP contribution in [-0.4, -0.2) is 20.6 Å². The number of nitrogens with two attached hydrogens (primary N) is 1. The van der Waals surface area contributed by atoms with Crippen molar-refractivity contribution in [1.29, 1.82) is 0 Å². The maximum Gasteiger partial charge on any atom is 0.253 e. The number of hydrogen-bond donors (Lipinski definition) is 2. The van der Waals surface area contributed by atoms with Gasteiger partial charge in [0.15, 0.2) is 9.84 Å². The first kappa shape index (κ1) is 16.5. The topological polar surface area (TPSA) is 89.3 Å². The molecule has 1 aliphatic rings. The molecule has 1 unspecified atom stereocenters. The molecule has 2 aromatic carbocycles. The summed E-state index contributed by atoms with van der Waals surface area (Å²) < 4.78 is 23.8. The lowest BCUT2D eigenvalue weighted by molar-refractivity contribution is 0.0929. The van der Waals surface area contributed by atoms with Crippen LogP contribution in [0, 0.1) is 0 Å². The minimum absolute atomic E-state index is 0.0517. The largest absolute Gasteiger partial charge is 0.399 e. The molecule has 0 aromatic heterocycles. The predicted octanol–water partition coefficient (Wildman–Crippen LogP) is 2.48. The van der Waals surface area contributed by atoms with Crippen molar-refractivity contribution in [3.05, 3.63) is 59.2 Å². The van der Waals surface area contributed by atoms with E-state index in [0.717, 1.165) is 36.6 Å². The summed E-state index contributed by atoms with van der Waals surface area (Å²) in [6.07, 6.45) is 3.82. The molecule has 5 nitrogen and oxygen atoms in total. The molecule has 3 rings (SSSR count). The summed E-state index contributed by atoms with van der Waals surface area (Å²) >= 11 is 0. The van der Waals surface area contributed by atoms with E-state index >= 15 is 0 Å². The molecule has 126 valence electrons. The van der Waals surface area contributed by atoms with Gasteiger partial charge in [-0.05, 0) is 54.7 Å². The lowest BCUT2D eigenvalue weighted by Crippen LogP contribution is -2.31. The zero-order chi connectivity index (χ0) is 17.3. The first-order valence-corrected chi connectivity index (χ1v) is 9.73. The van der Waals surface area contributed by atoms with Gasteiger partial charge in [0.25, 0.3) is 5.91 Å². The molecule has 0 aliphatic heterocycles. The molecule has 1 amide bonds. The van der Waals surface area contributed by atoms with Crippen molar-refractivity contribution in [2.75, 3.05) is 12.0 Å². The lowest BCUT2D eigenvalue weighted by atomic mass is 9.87. The van der Waals surface area contributed by atoms with Crippen LogP contribution >= 0.6 is 0 Å². The third-order valence-corrected chi connectivity index (χ3v) is 5.47. The minimum atomic E-state index is -3.46. The fourth-order valence-electron chi connectivity index (χ4n) is 3.20. The molecule has 0 bridgehead atoms. The van der Waals surface area contributed by atoms with Crippen LogP contribution in [0.4, 0.5) is 5.69 Å². The van der Waals surface area contributed by atoms with Gasteiger partial charge in [0.1, 0.15) is 0 Å². The molecule has 24 heavy (non-hydrogen) atoms. The fraction of sp³-hybridized carbons (Fsp3) is 0.278. The molecule has 0 radical (unpaired) electrons. The Kier molecular flexibility index (Phi) is 4.32. The number of fused-ring (bicyclic) bond motifs is 1. The van der Waals surface area contributed by atoms with Crippen molar-refractivity contribution < 1.29 is 13.2 Å². The van der Waals surface area contributed by atoms with Crippen LogP contribution in [0.1, 0.15) is 40.4 Å². The Balaban J connectivity index is 1.90. The normalized spacial score (nSPS) is 17.1. The van der Waals surface area contributed by atoms with Gasteiger partial charge in [-0.2, -0.15) is 0 Å². The Labute approximate surface area is 141 Å². The van der Waals surface area contributed by atoms with Gasteiger partial charge in [0.05, 0.1) is 16.5 Å². The van der Waals surface area contributed by atoms with Crippen molar-refractivity contribution in [3.8, 4) is 0 Å². The molecule has 0 saturated carbocycles. The Bertz CT molecular complexity index is 891. The molecule has 1 aliphatic carbocycles. The quantitative estimate of drug-likeness (QED) is 0.837. The van der Waals surface area contributed by atoms with Gasteiger partial charge >= 0.3 is 0 Å². The number of aryl methyl sites for hydroxylation is 1. The van der Waals surface area contributed by atoms with Crippen LogP contribution < -0.4 is 11.1 Å². The summed E-state index contributed by atoms with van der Waals surface area (Å²) in [7, 11) is -3.46. The van der Waals surface area contributed by atoms with E-state index in [2.05, 4.69) is 5.32 Å². The Morgan fingerprint density at radius 3 is 2.71 bits per heavy atom. The minimum Gasteiger partial charge on any atom is -0.399 e. The van der Waals surface area contributed by atoms with Gasteiger partial charge in [0.2, 0.25) is 0 Å². The Morgan fingerprint density at radius 1 is 1.21 bits per heavy atom. The highest BCUT2D eigenvalue weighted by atomic mass is 32.2. The summed E-state index contributed by atoms with van der Waals surface area (Å²) in [5.41, 5.74) is 8.93. The third kappa shape index (κ3) is 3.28. The van der Waals surface area contributed by atoms with Crippen LogP contribution in [0.15, 0.2) is 47.4 Å². The lowest BCUT2D eigenvalue weighted by Gasteiger charge is -2.27. The van der Waals surface area contributed by atoms with E-state index in [1.54, 1.807) is 18.2 Å². The highest BCUT2D eigenvalue weighted by Crippen LogP contribution is 2.31. The number of hydrogen-bond acceptors (Lipinski definition) is 4. The second-order valence-corrected chi connectivity index (χ2v) is 8.13. The molecule has 2 aromatic rings. The molecule has 0 spiro atoms. The van der Waals surface area contributed by atoms with Crippen molar-refractivity contribution >= 4 is 21.4 Å². The first-order valence-electron chi connectivity index (χ1n) is 7.84. The maximum atomic E-state index is 12.7. The van der Waals surface area contributed by atoms with E-state index in [-0.39, 0.29) is 22.4 Å². The van der Waals surface area contributed by atoms with E-state index in [9.17, 15) is 13.2 Å². The van der Waals surface area contributed by atoms with Crippen molar-refractivity contribution in [2.45, 2.75) is 30.2 Å². The Morgan fingerprint density at radius 2 is 1.96 bits per heavy atom. The van der Waals surface area contributed by atoms with E-state index in [1.807, 2.05) is 18.2 Å². The standard InChI is InChI=1S/C18H20N2O3S/c1-24(22,23)17-8-3-2-6-15(17)18(21)20-16-7-4-5-12-11-13(19)9-10-14(12)16/h2-3,6,8-11,16H,4-5,7,19H2,1H3,(H,20,21). The van der Waals surface area contributed by atoms with Crippen molar-refractivity contribution in [1.82, 2.24) is 5.32 Å². The number of nitrogen functional groups attached to an aromatic ring is 1. The number of amides is 1. The van der Waals surface area contributed by atoms with E-state index < -0.39 is 9.84 Å². The average molecular weight is 344 g/mol. The molecule has 0 fully saturated rings. The number of carbonyl (C=O) groups excluding carboxylic acids is 1. The van der Waals surface area contributed by atoms with Crippen molar-refractivity contribution in [3.63, 3.8) is 0 Å². The van der Waals surface area contributed by atoms with Crippen LogP contribution in [0.2, 0.25) is 0 Å². The summed E-state index contributed by atoms with van der Waals surface area (Å²) in [5.74, 6) is -0.370. The van der Waals surface area contributed by atoms with Gasteiger partial charge in [-0.15, -0.1) is 0 Å². The van der Waals surface area contributed by atoms with E-state index in [0.29, 0.717) is 5.69 Å². The summed E-state index contributed by atoms with van der Waals surface area (Å²) in [5, 5.41) is 2.98. The summed E-state index contributed by atoms with van der Waals surface area (Å²) in [6.45, 7) is 0. The molecular formula is C18H20N2O3S. The number of rotatable bonds is 3. The zero-order valence-corrected chi connectivity index (χ0v) is 14.3. The summed E-state index contributed by atoms with van der Waals surface area (Å²) in [6, 6.07) is 11.9. The predicted molar refractivity (Wildman–Crippen MR) is 93.6 cm³/mol. The number of benzene rings is 2. The molecule has 6 heteroatoms.